The second kappa shape index (κ2) is 4.57. The Kier molecular flexibility index (Phi) is 3.16. The number of aromatic nitrogens is 2. The quantitative estimate of drug-likeness (QED) is 0.755. The van der Waals surface area contributed by atoms with Crippen molar-refractivity contribution in [3.8, 4) is 0 Å². The van der Waals surface area contributed by atoms with Crippen LogP contribution >= 0.6 is 0 Å². The van der Waals surface area contributed by atoms with Gasteiger partial charge < -0.3 is 9.88 Å². The van der Waals surface area contributed by atoms with Gasteiger partial charge in [-0.15, -0.1) is 0 Å². The maximum absolute atomic E-state index is 12.1. The molecular weight excluding hydrogens is 190 g/mol. The van der Waals surface area contributed by atoms with Crippen LogP contribution in [0.2, 0.25) is 0 Å². The van der Waals surface area contributed by atoms with Crippen molar-refractivity contribution in [3.63, 3.8) is 0 Å². The molecule has 0 radical (unpaired) electrons. The van der Waals surface area contributed by atoms with Crippen molar-refractivity contribution in [2.75, 3.05) is 13.1 Å². The van der Waals surface area contributed by atoms with Gasteiger partial charge in [0.2, 0.25) is 5.78 Å². The zero-order chi connectivity index (χ0) is 10.7. The van der Waals surface area contributed by atoms with Crippen LogP contribution in [0.15, 0.2) is 12.4 Å². The molecule has 82 valence electrons. The number of ketones is 1. The fourth-order valence-corrected chi connectivity index (χ4v) is 2.06. The highest BCUT2D eigenvalue weighted by Crippen LogP contribution is 2.17. The molecule has 4 heteroatoms. The van der Waals surface area contributed by atoms with Crippen molar-refractivity contribution in [2.24, 2.45) is 5.92 Å². The average Bonchev–Trinajstić information content (AvgIpc) is 2.77. The molecule has 0 atom stereocenters. The molecule has 0 amide bonds. The third-order valence-corrected chi connectivity index (χ3v) is 2.99. The Labute approximate surface area is 89.7 Å². The van der Waals surface area contributed by atoms with E-state index in [0.717, 1.165) is 32.5 Å². The van der Waals surface area contributed by atoms with E-state index in [9.17, 15) is 4.79 Å². The maximum atomic E-state index is 12.1. The van der Waals surface area contributed by atoms with Crippen molar-refractivity contribution in [2.45, 2.75) is 26.3 Å². The van der Waals surface area contributed by atoms with E-state index in [1.54, 1.807) is 6.20 Å². The van der Waals surface area contributed by atoms with Gasteiger partial charge in [-0.3, -0.25) is 4.79 Å². The molecule has 1 fully saturated rings. The van der Waals surface area contributed by atoms with Crippen LogP contribution in [0.3, 0.4) is 0 Å². The monoisotopic (exact) mass is 207 g/mol. The summed E-state index contributed by atoms with van der Waals surface area (Å²) < 4.78 is 1.92. The lowest BCUT2D eigenvalue weighted by atomic mass is 9.93. The Bertz CT molecular complexity index is 339. The van der Waals surface area contributed by atoms with Crippen LogP contribution in [0.1, 0.15) is 30.4 Å². The molecule has 1 saturated heterocycles. The molecule has 1 aliphatic heterocycles. The minimum atomic E-state index is 0.166. The summed E-state index contributed by atoms with van der Waals surface area (Å²) in [6.45, 7) is 4.74. The molecule has 15 heavy (non-hydrogen) atoms. The van der Waals surface area contributed by atoms with Gasteiger partial charge >= 0.3 is 0 Å². The number of piperidine rings is 1. The highest BCUT2D eigenvalue weighted by atomic mass is 16.1. The Balaban J connectivity index is 2.12. The van der Waals surface area contributed by atoms with Gasteiger partial charge in [-0.2, -0.15) is 0 Å². The van der Waals surface area contributed by atoms with Gasteiger partial charge in [0.1, 0.15) is 0 Å². The number of Topliss-reactive ketones (excluding diaryl/α,β-unsaturated/α-hetero) is 1. The Hall–Kier alpha value is -1.16. The van der Waals surface area contributed by atoms with Crippen LogP contribution in [0, 0.1) is 5.92 Å². The number of hydrogen-bond acceptors (Lipinski definition) is 3. The molecule has 2 heterocycles. The predicted molar refractivity (Wildman–Crippen MR) is 57.8 cm³/mol. The molecule has 1 aromatic rings. The molecular formula is C11H17N3O. The van der Waals surface area contributed by atoms with Crippen LogP contribution in [0.4, 0.5) is 0 Å². The summed E-state index contributed by atoms with van der Waals surface area (Å²) in [5.74, 6) is 1.01. The number of carbonyl (C=O) groups excluding carboxylic acids is 1. The second-order valence-electron chi connectivity index (χ2n) is 3.93. The molecule has 0 unspecified atom stereocenters. The van der Waals surface area contributed by atoms with Gasteiger partial charge in [0.05, 0.1) is 0 Å². The summed E-state index contributed by atoms with van der Waals surface area (Å²) in [4.78, 5) is 16.3. The minimum Gasteiger partial charge on any atom is -0.329 e. The lowest BCUT2D eigenvalue weighted by Crippen LogP contribution is -2.32. The first kappa shape index (κ1) is 10.4. The van der Waals surface area contributed by atoms with E-state index >= 15 is 0 Å². The third kappa shape index (κ3) is 2.09. The van der Waals surface area contributed by atoms with Crippen LogP contribution in [0.5, 0.6) is 0 Å². The van der Waals surface area contributed by atoms with Crippen molar-refractivity contribution >= 4 is 5.78 Å². The van der Waals surface area contributed by atoms with E-state index in [4.69, 9.17) is 0 Å². The Morgan fingerprint density at radius 1 is 1.60 bits per heavy atom. The molecule has 2 rings (SSSR count). The molecule has 0 saturated carbocycles. The number of nitrogens with zero attached hydrogens (tertiary/aromatic N) is 2. The van der Waals surface area contributed by atoms with E-state index in [2.05, 4.69) is 10.3 Å². The number of hydrogen-bond donors (Lipinski definition) is 1. The van der Waals surface area contributed by atoms with E-state index in [0.29, 0.717) is 5.82 Å². The second-order valence-corrected chi connectivity index (χ2v) is 3.93. The summed E-state index contributed by atoms with van der Waals surface area (Å²) >= 11 is 0. The lowest BCUT2D eigenvalue weighted by molar-refractivity contribution is 0.0880. The minimum absolute atomic E-state index is 0.166. The zero-order valence-electron chi connectivity index (χ0n) is 9.07. The molecule has 0 spiro atoms. The summed E-state index contributed by atoms with van der Waals surface area (Å²) in [6.07, 6.45) is 5.46. The first-order chi connectivity index (χ1) is 7.33. The number of nitrogens with one attached hydrogen (secondary N) is 1. The maximum Gasteiger partial charge on any atom is 0.201 e. The smallest absolute Gasteiger partial charge is 0.201 e. The van der Waals surface area contributed by atoms with Crippen molar-refractivity contribution in [1.29, 1.82) is 0 Å². The van der Waals surface area contributed by atoms with Crippen LogP contribution in [-0.2, 0) is 6.54 Å². The largest absolute Gasteiger partial charge is 0.329 e. The third-order valence-electron chi connectivity index (χ3n) is 2.99. The van der Waals surface area contributed by atoms with Crippen molar-refractivity contribution in [3.05, 3.63) is 18.2 Å². The van der Waals surface area contributed by atoms with E-state index in [-0.39, 0.29) is 11.7 Å². The molecule has 0 aliphatic carbocycles. The van der Waals surface area contributed by atoms with Crippen LogP contribution < -0.4 is 5.32 Å². The first-order valence-corrected chi connectivity index (χ1v) is 5.59. The van der Waals surface area contributed by atoms with Gasteiger partial charge in [-0.25, -0.2) is 4.98 Å². The number of imidazole rings is 1. The van der Waals surface area contributed by atoms with E-state index in [1.165, 1.54) is 0 Å². The molecule has 0 aromatic carbocycles. The number of aryl methyl sites for hydroxylation is 1. The van der Waals surface area contributed by atoms with Gasteiger partial charge in [-0.1, -0.05) is 0 Å². The van der Waals surface area contributed by atoms with Gasteiger partial charge in [0.25, 0.3) is 0 Å². The summed E-state index contributed by atoms with van der Waals surface area (Å²) in [6, 6.07) is 0. The predicted octanol–water partition coefficient (Wildman–Crippen LogP) is 1.09. The Morgan fingerprint density at radius 3 is 3.00 bits per heavy atom. The molecule has 1 aromatic heterocycles. The SMILES string of the molecule is CCn1ccnc1C(=O)C1CCNCC1. The highest BCUT2D eigenvalue weighted by Gasteiger charge is 2.24. The summed E-state index contributed by atoms with van der Waals surface area (Å²) in [7, 11) is 0. The molecule has 1 N–H and O–H groups in total. The van der Waals surface area contributed by atoms with Crippen molar-refractivity contribution in [1.82, 2.24) is 14.9 Å². The Morgan fingerprint density at radius 2 is 2.33 bits per heavy atom. The number of rotatable bonds is 3. The summed E-state index contributed by atoms with van der Waals surface area (Å²) in [5, 5.41) is 3.26. The van der Waals surface area contributed by atoms with Crippen LogP contribution in [-0.4, -0.2) is 28.4 Å². The standard InChI is InChI=1S/C11H17N3O/c1-2-14-8-7-13-11(14)10(15)9-3-5-12-6-4-9/h7-9,12H,2-6H2,1H3. The summed E-state index contributed by atoms with van der Waals surface area (Å²) in [5.41, 5.74) is 0. The fourth-order valence-electron chi connectivity index (χ4n) is 2.06. The van der Waals surface area contributed by atoms with Gasteiger partial charge in [-0.05, 0) is 32.9 Å². The highest BCUT2D eigenvalue weighted by molar-refractivity contribution is 5.94. The van der Waals surface area contributed by atoms with E-state index < -0.39 is 0 Å². The van der Waals surface area contributed by atoms with Gasteiger partial charge in [0.15, 0.2) is 5.82 Å². The first-order valence-electron chi connectivity index (χ1n) is 5.59. The number of carbonyl (C=O) groups is 1. The average molecular weight is 207 g/mol. The normalized spacial score (nSPS) is 17.9. The van der Waals surface area contributed by atoms with Crippen molar-refractivity contribution < 1.29 is 4.79 Å². The van der Waals surface area contributed by atoms with Gasteiger partial charge in [0, 0.05) is 24.9 Å². The van der Waals surface area contributed by atoms with E-state index in [1.807, 2.05) is 17.7 Å². The topological polar surface area (TPSA) is 46.9 Å². The fraction of sp³-hybridized carbons (Fsp3) is 0.636. The lowest BCUT2D eigenvalue weighted by Gasteiger charge is -2.21. The molecule has 1 aliphatic rings. The zero-order valence-corrected chi connectivity index (χ0v) is 9.07. The molecule has 4 nitrogen and oxygen atoms in total. The van der Waals surface area contributed by atoms with Crippen LogP contribution in [0.25, 0.3) is 0 Å². The molecule has 0 bridgehead atoms.